The molecule has 3 aromatic rings. The van der Waals surface area contributed by atoms with Gasteiger partial charge in [0.05, 0.1) is 29.7 Å². The number of nitrogens with one attached hydrogen (secondary N) is 1. The van der Waals surface area contributed by atoms with E-state index < -0.39 is 11.9 Å². The van der Waals surface area contributed by atoms with Crippen molar-refractivity contribution in [3.63, 3.8) is 0 Å². The van der Waals surface area contributed by atoms with Crippen LogP contribution in [0.3, 0.4) is 0 Å². The zero-order chi connectivity index (χ0) is 20.4. The van der Waals surface area contributed by atoms with Crippen molar-refractivity contribution in [1.82, 2.24) is 19.4 Å². The molecule has 4 rings (SSSR count). The highest BCUT2D eigenvalue weighted by atomic mass is 19.1. The summed E-state index contributed by atoms with van der Waals surface area (Å²) in [6.45, 7) is 0.730. The number of rotatable bonds is 5. The summed E-state index contributed by atoms with van der Waals surface area (Å²) >= 11 is 0. The van der Waals surface area contributed by atoms with Crippen LogP contribution >= 0.6 is 0 Å². The zero-order valence-electron chi connectivity index (χ0n) is 15.6. The molecule has 1 aliphatic carbocycles. The first-order valence-electron chi connectivity index (χ1n) is 9.43. The molecule has 0 aliphatic heterocycles. The van der Waals surface area contributed by atoms with Crippen molar-refractivity contribution in [2.45, 2.75) is 31.5 Å². The third-order valence-corrected chi connectivity index (χ3v) is 5.23. The molecule has 1 aromatic carbocycles. The van der Waals surface area contributed by atoms with Gasteiger partial charge in [-0.05, 0) is 43.0 Å². The Labute approximate surface area is 166 Å². The van der Waals surface area contributed by atoms with Gasteiger partial charge < -0.3 is 15.0 Å². The highest BCUT2D eigenvalue weighted by Gasteiger charge is 2.34. The summed E-state index contributed by atoms with van der Waals surface area (Å²) in [6, 6.07) is 7.93. The molecule has 0 spiro atoms. The first kappa shape index (κ1) is 19.1. The average Bonchev–Trinajstić information content (AvgIpc) is 3.32. The van der Waals surface area contributed by atoms with Crippen LogP contribution in [-0.2, 0) is 6.54 Å². The first-order chi connectivity index (χ1) is 14.0. The Hall–Kier alpha value is -3.26. The van der Waals surface area contributed by atoms with E-state index in [0.717, 1.165) is 6.54 Å². The molecule has 0 bridgehead atoms. The van der Waals surface area contributed by atoms with E-state index >= 15 is 0 Å². The number of imidazole rings is 1. The molecule has 1 aliphatic rings. The maximum absolute atomic E-state index is 13.5. The van der Waals surface area contributed by atoms with Crippen LogP contribution in [0.4, 0.5) is 4.39 Å². The van der Waals surface area contributed by atoms with E-state index in [0.29, 0.717) is 18.5 Å². The minimum absolute atomic E-state index is 0.228. The Morgan fingerprint density at radius 1 is 1.28 bits per heavy atom. The monoisotopic (exact) mass is 396 g/mol. The fraction of sp³-hybridized carbons (Fsp3) is 0.286. The topological polar surface area (TPSA) is 89.2 Å². The predicted octanol–water partition coefficient (Wildman–Crippen LogP) is 1.74. The molecule has 150 valence electrons. The molecule has 3 atom stereocenters. The zero-order valence-corrected chi connectivity index (χ0v) is 15.6. The number of halogens is 1. The summed E-state index contributed by atoms with van der Waals surface area (Å²) in [7, 11) is 0. The highest BCUT2D eigenvalue weighted by molar-refractivity contribution is 5.94. The van der Waals surface area contributed by atoms with Gasteiger partial charge in [0.2, 0.25) is 0 Å². The Kier molecular flexibility index (Phi) is 5.26. The van der Waals surface area contributed by atoms with Gasteiger partial charge in [0.1, 0.15) is 5.82 Å². The summed E-state index contributed by atoms with van der Waals surface area (Å²) < 4.78 is 16.7. The molecular weight excluding hydrogens is 375 g/mol. The summed E-state index contributed by atoms with van der Waals surface area (Å²) in [5.41, 5.74) is 0.235. The van der Waals surface area contributed by atoms with Gasteiger partial charge in [0.25, 0.3) is 11.5 Å². The standard InChI is InChI=1S/C21H21FN4O3/c22-16-2-1-3-17(10-16)26-12-15(4-5-20(26)28)21(29)24-18-8-14(9-19(18)27)11-25-7-6-23-13-25/h1-7,10,12-14,18-19,27H,8-9,11H2,(H,24,29)/t14?,18-,19-/m1/s1. The lowest BCUT2D eigenvalue weighted by Crippen LogP contribution is -2.40. The van der Waals surface area contributed by atoms with Gasteiger partial charge in [-0.2, -0.15) is 0 Å². The molecule has 1 saturated carbocycles. The van der Waals surface area contributed by atoms with Gasteiger partial charge in [0, 0.05) is 31.2 Å². The smallest absolute Gasteiger partial charge is 0.255 e. The van der Waals surface area contributed by atoms with Gasteiger partial charge in [0.15, 0.2) is 0 Å². The molecule has 2 N–H and O–H groups in total. The van der Waals surface area contributed by atoms with E-state index in [2.05, 4.69) is 10.3 Å². The van der Waals surface area contributed by atoms with E-state index in [-0.39, 0.29) is 29.0 Å². The van der Waals surface area contributed by atoms with Gasteiger partial charge in [-0.3, -0.25) is 14.2 Å². The Balaban J connectivity index is 1.47. The van der Waals surface area contributed by atoms with E-state index in [1.165, 1.54) is 41.1 Å². The molecule has 8 heteroatoms. The Morgan fingerprint density at radius 3 is 2.90 bits per heavy atom. The van der Waals surface area contributed by atoms with Crippen LogP contribution in [0, 0.1) is 11.7 Å². The minimum atomic E-state index is -0.637. The van der Waals surface area contributed by atoms with Crippen molar-refractivity contribution < 1.29 is 14.3 Å². The van der Waals surface area contributed by atoms with Crippen molar-refractivity contribution in [1.29, 1.82) is 0 Å². The number of nitrogens with zero attached hydrogens (tertiary/aromatic N) is 3. The second kappa shape index (κ2) is 8.00. The van der Waals surface area contributed by atoms with Crippen LogP contribution < -0.4 is 10.9 Å². The third kappa shape index (κ3) is 4.27. The van der Waals surface area contributed by atoms with Crippen LogP contribution in [0.5, 0.6) is 0 Å². The number of hydrogen-bond donors (Lipinski definition) is 2. The number of aliphatic hydroxyl groups is 1. The normalized spacial score (nSPS) is 21.2. The van der Waals surface area contributed by atoms with Crippen molar-refractivity contribution >= 4 is 5.91 Å². The van der Waals surface area contributed by atoms with Crippen LogP contribution in [0.1, 0.15) is 23.2 Å². The number of aliphatic hydroxyl groups excluding tert-OH is 1. The van der Waals surface area contributed by atoms with Crippen LogP contribution in [0.25, 0.3) is 5.69 Å². The highest BCUT2D eigenvalue weighted by Crippen LogP contribution is 2.27. The van der Waals surface area contributed by atoms with Gasteiger partial charge in [-0.25, -0.2) is 9.37 Å². The van der Waals surface area contributed by atoms with Crippen molar-refractivity contribution in [3.05, 3.63) is 83.1 Å². The summed E-state index contributed by atoms with van der Waals surface area (Å²) in [4.78, 5) is 28.9. The lowest BCUT2D eigenvalue weighted by Gasteiger charge is -2.17. The van der Waals surface area contributed by atoms with Gasteiger partial charge >= 0.3 is 0 Å². The van der Waals surface area contributed by atoms with E-state index in [1.54, 1.807) is 18.6 Å². The lowest BCUT2D eigenvalue weighted by molar-refractivity contribution is 0.0872. The molecule has 2 heterocycles. The fourth-order valence-electron chi connectivity index (χ4n) is 3.82. The van der Waals surface area contributed by atoms with Crippen molar-refractivity contribution in [2.24, 2.45) is 5.92 Å². The van der Waals surface area contributed by atoms with Gasteiger partial charge in [-0.15, -0.1) is 0 Å². The Morgan fingerprint density at radius 2 is 2.14 bits per heavy atom. The molecule has 0 radical (unpaired) electrons. The molecule has 29 heavy (non-hydrogen) atoms. The number of hydrogen-bond acceptors (Lipinski definition) is 4. The number of carbonyl (C=O) groups excluding carboxylic acids is 1. The summed E-state index contributed by atoms with van der Waals surface area (Å²) in [5.74, 6) is -0.629. The number of carbonyl (C=O) groups is 1. The third-order valence-electron chi connectivity index (χ3n) is 5.23. The van der Waals surface area contributed by atoms with Crippen LogP contribution in [0.15, 0.2) is 66.1 Å². The van der Waals surface area contributed by atoms with E-state index in [9.17, 15) is 19.1 Å². The second-order valence-electron chi connectivity index (χ2n) is 7.35. The average molecular weight is 396 g/mol. The number of benzene rings is 1. The molecule has 0 saturated heterocycles. The number of pyridine rings is 1. The first-order valence-corrected chi connectivity index (χ1v) is 9.43. The van der Waals surface area contributed by atoms with Crippen molar-refractivity contribution in [2.75, 3.05) is 0 Å². The van der Waals surface area contributed by atoms with E-state index in [1.807, 2.05) is 10.8 Å². The Bertz CT molecular complexity index is 1060. The van der Waals surface area contributed by atoms with E-state index in [4.69, 9.17) is 0 Å². The van der Waals surface area contributed by atoms with Crippen LogP contribution in [-0.4, -0.2) is 37.3 Å². The summed E-state index contributed by atoms with van der Waals surface area (Å²) in [5, 5.41) is 13.2. The molecule has 7 nitrogen and oxygen atoms in total. The summed E-state index contributed by atoms with van der Waals surface area (Å²) in [6.07, 6.45) is 7.29. The van der Waals surface area contributed by atoms with Crippen LogP contribution in [0.2, 0.25) is 0 Å². The van der Waals surface area contributed by atoms with Gasteiger partial charge in [-0.1, -0.05) is 6.07 Å². The number of amides is 1. The molecule has 1 unspecified atom stereocenters. The molecular formula is C21H21FN4O3. The minimum Gasteiger partial charge on any atom is -0.391 e. The maximum atomic E-state index is 13.5. The largest absolute Gasteiger partial charge is 0.391 e. The second-order valence-corrected chi connectivity index (χ2v) is 7.35. The van der Waals surface area contributed by atoms with Crippen molar-refractivity contribution in [3.8, 4) is 5.69 Å². The maximum Gasteiger partial charge on any atom is 0.255 e. The number of aromatic nitrogens is 3. The molecule has 2 aromatic heterocycles. The molecule has 1 fully saturated rings. The SMILES string of the molecule is O=C(N[C@@H]1CC(Cn2ccnc2)C[C@H]1O)c1ccc(=O)n(-c2cccc(F)c2)c1. The molecule has 1 amide bonds. The fourth-order valence-corrected chi connectivity index (χ4v) is 3.82. The predicted molar refractivity (Wildman–Crippen MR) is 104 cm³/mol. The quantitative estimate of drug-likeness (QED) is 0.688. The lowest BCUT2D eigenvalue weighted by atomic mass is 10.1.